The van der Waals surface area contributed by atoms with Crippen LogP contribution >= 0.6 is 11.8 Å². The molecule has 0 atom stereocenters. The molecule has 0 saturated heterocycles. The second-order valence-electron chi connectivity index (χ2n) is 7.87. The highest BCUT2D eigenvalue weighted by Crippen LogP contribution is 2.27. The van der Waals surface area contributed by atoms with Crippen molar-refractivity contribution >= 4 is 33.4 Å². The lowest BCUT2D eigenvalue weighted by molar-refractivity contribution is 0.0951. The van der Waals surface area contributed by atoms with Crippen molar-refractivity contribution in [1.29, 1.82) is 0 Å². The molecule has 0 spiro atoms. The molecule has 0 bridgehead atoms. The number of benzene rings is 2. The molecule has 0 radical (unpaired) electrons. The largest absolute Gasteiger partial charge is 0.352 e. The highest BCUT2D eigenvalue weighted by molar-refractivity contribution is 7.99. The van der Waals surface area contributed by atoms with E-state index in [1.807, 2.05) is 19.1 Å². The van der Waals surface area contributed by atoms with Crippen LogP contribution < -0.4 is 10.0 Å². The molecule has 0 saturated carbocycles. The summed E-state index contributed by atoms with van der Waals surface area (Å²) in [5, 5.41) is 3.64. The van der Waals surface area contributed by atoms with Crippen LogP contribution in [0.4, 0.5) is 5.69 Å². The summed E-state index contributed by atoms with van der Waals surface area (Å²) in [6.07, 6.45) is 2.50. The molecule has 0 aliphatic heterocycles. The van der Waals surface area contributed by atoms with Gasteiger partial charge in [-0.1, -0.05) is 43.3 Å². The number of aryl methyl sites for hydroxylation is 1. The Morgan fingerprint density at radius 2 is 1.69 bits per heavy atom. The Morgan fingerprint density at radius 1 is 1.00 bits per heavy atom. The van der Waals surface area contributed by atoms with E-state index in [2.05, 4.69) is 28.9 Å². The Hall–Kier alpha value is -2.84. The second kappa shape index (κ2) is 10.7. The van der Waals surface area contributed by atoms with Crippen LogP contribution in [0.25, 0.3) is 0 Å². The maximum absolute atomic E-state index is 12.5. The topological polar surface area (TPSA) is 88.2 Å². The standard InChI is InChI=1S/C24H27N3O3S2/c1-17(2)14-15-25-24(28)19-6-13-23(26-16-19)31-21-9-7-20(8-10-21)27-32(29,30)22-11-4-18(3)5-12-22/h4-13,16-17,27H,14-15H2,1-3H3,(H,25,28). The Bertz CT molecular complexity index is 1140. The van der Waals surface area contributed by atoms with Gasteiger partial charge in [-0.25, -0.2) is 13.4 Å². The average molecular weight is 470 g/mol. The fourth-order valence-electron chi connectivity index (χ4n) is 2.79. The third kappa shape index (κ3) is 6.83. The van der Waals surface area contributed by atoms with E-state index < -0.39 is 10.0 Å². The van der Waals surface area contributed by atoms with Gasteiger partial charge in [0.05, 0.1) is 10.5 Å². The molecule has 168 valence electrons. The molecule has 1 aromatic heterocycles. The van der Waals surface area contributed by atoms with E-state index in [-0.39, 0.29) is 10.8 Å². The van der Waals surface area contributed by atoms with Crippen LogP contribution in [-0.2, 0) is 10.0 Å². The summed E-state index contributed by atoms with van der Waals surface area (Å²) in [6, 6.07) is 17.3. The molecule has 6 nitrogen and oxygen atoms in total. The zero-order valence-corrected chi connectivity index (χ0v) is 20.0. The fourth-order valence-corrected chi connectivity index (χ4v) is 4.61. The third-order valence-corrected chi connectivity index (χ3v) is 7.02. The first-order valence-electron chi connectivity index (χ1n) is 10.3. The van der Waals surface area contributed by atoms with E-state index in [0.717, 1.165) is 21.9 Å². The minimum absolute atomic E-state index is 0.125. The van der Waals surface area contributed by atoms with Crippen molar-refractivity contribution in [3.8, 4) is 0 Å². The summed E-state index contributed by atoms with van der Waals surface area (Å²) in [6.45, 7) is 6.79. The number of nitrogens with one attached hydrogen (secondary N) is 2. The van der Waals surface area contributed by atoms with Crippen LogP contribution in [0.1, 0.15) is 36.2 Å². The predicted molar refractivity (Wildman–Crippen MR) is 129 cm³/mol. The lowest BCUT2D eigenvalue weighted by atomic mass is 10.1. The van der Waals surface area contributed by atoms with Crippen LogP contribution in [0.5, 0.6) is 0 Å². The molecule has 0 aliphatic carbocycles. The number of carbonyl (C=O) groups is 1. The number of nitrogens with zero attached hydrogens (tertiary/aromatic N) is 1. The normalized spacial score (nSPS) is 11.4. The molecule has 3 aromatic rings. The Morgan fingerprint density at radius 3 is 2.28 bits per heavy atom. The van der Waals surface area contributed by atoms with E-state index in [1.54, 1.807) is 54.7 Å². The molecule has 1 heterocycles. The van der Waals surface area contributed by atoms with E-state index >= 15 is 0 Å². The van der Waals surface area contributed by atoms with Crippen molar-refractivity contribution < 1.29 is 13.2 Å². The zero-order valence-electron chi connectivity index (χ0n) is 18.3. The molecule has 3 rings (SSSR count). The van der Waals surface area contributed by atoms with Crippen LogP contribution in [-0.4, -0.2) is 25.9 Å². The van der Waals surface area contributed by atoms with Gasteiger partial charge < -0.3 is 5.32 Å². The van der Waals surface area contributed by atoms with Crippen molar-refractivity contribution in [2.24, 2.45) is 5.92 Å². The SMILES string of the molecule is Cc1ccc(S(=O)(=O)Nc2ccc(Sc3ccc(C(=O)NCCC(C)C)cn3)cc2)cc1. The van der Waals surface area contributed by atoms with Crippen molar-refractivity contribution in [3.05, 3.63) is 78.0 Å². The van der Waals surface area contributed by atoms with Gasteiger partial charge in [-0.2, -0.15) is 0 Å². The molecular formula is C24H27N3O3S2. The van der Waals surface area contributed by atoms with Gasteiger partial charge in [0, 0.05) is 23.3 Å². The molecule has 0 unspecified atom stereocenters. The van der Waals surface area contributed by atoms with Gasteiger partial charge in [0.15, 0.2) is 0 Å². The number of sulfonamides is 1. The number of amides is 1. The van der Waals surface area contributed by atoms with Crippen molar-refractivity contribution in [1.82, 2.24) is 10.3 Å². The molecule has 1 amide bonds. The molecule has 0 aliphatic rings. The summed E-state index contributed by atoms with van der Waals surface area (Å²) >= 11 is 1.43. The van der Waals surface area contributed by atoms with Crippen LogP contribution in [0.3, 0.4) is 0 Å². The van der Waals surface area contributed by atoms with E-state index in [4.69, 9.17) is 0 Å². The molecular weight excluding hydrogens is 442 g/mol. The first kappa shape index (κ1) is 23.8. The summed E-state index contributed by atoms with van der Waals surface area (Å²) in [4.78, 5) is 17.6. The number of carbonyl (C=O) groups excluding carboxylic acids is 1. The van der Waals surface area contributed by atoms with Crippen LogP contribution in [0, 0.1) is 12.8 Å². The monoisotopic (exact) mass is 469 g/mol. The number of anilines is 1. The van der Waals surface area contributed by atoms with Gasteiger partial charge in [-0.15, -0.1) is 0 Å². The molecule has 2 aromatic carbocycles. The summed E-state index contributed by atoms with van der Waals surface area (Å²) in [5.74, 6) is 0.413. The molecule has 0 fully saturated rings. The van der Waals surface area contributed by atoms with Crippen molar-refractivity contribution in [2.45, 2.75) is 42.0 Å². The quantitative estimate of drug-likeness (QED) is 0.454. The van der Waals surface area contributed by atoms with Crippen LogP contribution in [0.15, 0.2) is 81.7 Å². The lowest BCUT2D eigenvalue weighted by Crippen LogP contribution is -2.25. The second-order valence-corrected chi connectivity index (χ2v) is 10.6. The average Bonchev–Trinajstić information content (AvgIpc) is 2.75. The highest BCUT2D eigenvalue weighted by atomic mass is 32.2. The van der Waals surface area contributed by atoms with E-state index in [9.17, 15) is 13.2 Å². The molecule has 8 heteroatoms. The number of pyridine rings is 1. The predicted octanol–water partition coefficient (Wildman–Crippen LogP) is 5.12. The smallest absolute Gasteiger partial charge is 0.261 e. The number of hydrogen-bond donors (Lipinski definition) is 2. The first-order chi connectivity index (χ1) is 15.2. The maximum Gasteiger partial charge on any atom is 0.261 e. The maximum atomic E-state index is 12.5. The van der Waals surface area contributed by atoms with Crippen molar-refractivity contribution in [2.75, 3.05) is 11.3 Å². The molecule has 32 heavy (non-hydrogen) atoms. The molecule has 2 N–H and O–H groups in total. The Kier molecular flexibility index (Phi) is 7.93. The zero-order chi connectivity index (χ0) is 23.1. The highest BCUT2D eigenvalue weighted by Gasteiger charge is 2.14. The van der Waals surface area contributed by atoms with Gasteiger partial charge in [0.1, 0.15) is 5.03 Å². The van der Waals surface area contributed by atoms with E-state index in [0.29, 0.717) is 23.7 Å². The van der Waals surface area contributed by atoms with Gasteiger partial charge in [-0.05, 0) is 67.8 Å². The number of hydrogen-bond acceptors (Lipinski definition) is 5. The Labute approximate surface area is 193 Å². The minimum Gasteiger partial charge on any atom is -0.352 e. The Balaban J connectivity index is 1.58. The third-order valence-electron chi connectivity index (χ3n) is 4.67. The lowest BCUT2D eigenvalue weighted by Gasteiger charge is -2.09. The van der Waals surface area contributed by atoms with Gasteiger partial charge in [0.2, 0.25) is 0 Å². The fraction of sp³-hybridized carbons (Fsp3) is 0.250. The number of rotatable bonds is 9. The summed E-state index contributed by atoms with van der Waals surface area (Å²) in [7, 11) is -3.63. The van der Waals surface area contributed by atoms with Gasteiger partial charge in [-0.3, -0.25) is 9.52 Å². The summed E-state index contributed by atoms with van der Waals surface area (Å²) < 4.78 is 27.6. The van der Waals surface area contributed by atoms with E-state index in [1.165, 1.54) is 11.8 Å². The van der Waals surface area contributed by atoms with Crippen molar-refractivity contribution in [3.63, 3.8) is 0 Å². The van der Waals surface area contributed by atoms with Gasteiger partial charge >= 0.3 is 0 Å². The number of aromatic nitrogens is 1. The minimum atomic E-state index is -3.63. The first-order valence-corrected chi connectivity index (χ1v) is 12.6. The van der Waals surface area contributed by atoms with Gasteiger partial charge in [0.25, 0.3) is 15.9 Å². The summed E-state index contributed by atoms with van der Waals surface area (Å²) in [5.41, 5.74) is 2.01. The van der Waals surface area contributed by atoms with Crippen LogP contribution in [0.2, 0.25) is 0 Å².